The summed E-state index contributed by atoms with van der Waals surface area (Å²) in [6.07, 6.45) is 5.87. The van der Waals surface area contributed by atoms with E-state index in [0.29, 0.717) is 18.4 Å². The number of carbonyl (C=O) groups excluding carboxylic acids is 1. The maximum atomic E-state index is 12.9. The third-order valence-electron chi connectivity index (χ3n) is 6.82. The number of hydrogen-bond acceptors (Lipinski definition) is 6. The molecule has 0 atom stereocenters. The molecule has 2 fully saturated rings. The molecule has 2 aromatic rings. The topological polar surface area (TPSA) is 70.6 Å². The molecule has 3 heterocycles. The van der Waals surface area contributed by atoms with Gasteiger partial charge in [-0.2, -0.15) is 4.98 Å². The van der Waals surface area contributed by atoms with Gasteiger partial charge in [-0.05, 0) is 55.8 Å². The van der Waals surface area contributed by atoms with Crippen LogP contribution in [0.4, 0.5) is 5.95 Å². The number of nitrogens with one attached hydrogen (secondary N) is 1. The molecule has 1 amide bonds. The Kier molecular flexibility index (Phi) is 7.58. The number of hydrogen-bond donors (Lipinski definition) is 1. The summed E-state index contributed by atoms with van der Waals surface area (Å²) in [6.45, 7) is 7.78. The lowest BCUT2D eigenvalue weighted by Gasteiger charge is -2.31. The summed E-state index contributed by atoms with van der Waals surface area (Å²) in [5.41, 5.74) is 2.55. The highest BCUT2D eigenvalue weighted by molar-refractivity contribution is 5.79. The fourth-order valence-corrected chi connectivity index (χ4v) is 4.61. The zero-order valence-corrected chi connectivity index (χ0v) is 19.3. The predicted octanol–water partition coefficient (Wildman–Crippen LogP) is 3.25. The van der Waals surface area contributed by atoms with Crippen LogP contribution in [-0.2, 0) is 17.9 Å². The molecule has 0 bridgehead atoms. The van der Waals surface area contributed by atoms with Crippen molar-refractivity contribution < 1.29 is 9.53 Å². The van der Waals surface area contributed by atoms with E-state index < -0.39 is 0 Å². The molecular formula is C25H35N5O2. The molecular weight excluding hydrogens is 402 g/mol. The van der Waals surface area contributed by atoms with Gasteiger partial charge in [0.15, 0.2) is 0 Å². The normalized spacial score (nSPS) is 18.5. The number of rotatable bonds is 7. The van der Waals surface area contributed by atoms with Crippen molar-refractivity contribution in [2.45, 2.75) is 45.7 Å². The number of piperidine rings is 2. The molecule has 1 N–H and O–H groups in total. The lowest BCUT2D eigenvalue weighted by atomic mass is 9.95. The lowest BCUT2D eigenvalue weighted by molar-refractivity contribution is -0.125. The Bertz CT molecular complexity index is 889. The predicted molar refractivity (Wildman–Crippen MR) is 125 cm³/mol. The van der Waals surface area contributed by atoms with E-state index in [1.807, 2.05) is 0 Å². The van der Waals surface area contributed by atoms with Gasteiger partial charge in [0.1, 0.15) is 0 Å². The number of aromatic nitrogens is 2. The van der Waals surface area contributed by atoms with Crippen molar-refractivity contribution in [3.05, 3.63) is 47.7 Å². The van der Waals surface area contributed by atoms with Gasteiger partial charge in [-0.25, -0.2) is 4.98 Å². The SMILES string of the molecule is COc1ccnc(N2CCC(C(=O)NCc3ccccc3CN3CCC(C)CC3)CC2)n1. The molecule has 7 nitrogen and oxygen atoms in total. The van der Waals surface area contributed by atoms with Crippen LogP contribution in [0, 0.1) is 11.8 Å². The van der Waals surface area contributed by atoms with Gasteiger partial charge in [0.25, 0.3) is 0 Å². The standard InChI is InChI=1S/C25H35N5O2/c1-19-8-13-29(14-9-19)18-22-6-4-3-5-21(22)17-27-24(31)20-10-15-30(16-11-20)25-26-12-7-23(28-25)32-2/h3-7,12,19-20H,8-11,13-18H2,1-2H3,(H,27,31). The Morgan fingerprint density at radius 1 is 1.06 bits per heavy atom. The molecule has 1 aromatic carbocycles. The minimum atomic E-state index is 0.0348. The maximum Gasteiger partial charge on any atom is 0.228 e. The highest BCUT2D eigenvalue weighted by atomic mass is 16.5. The van der Waals surface area contributed by atoms with Crippen LogP contribution in [0.25, 0.3) is 0 Å². The fraction of sp³-hybridized carbons (Fsp3) is 0.560. The minimum Gasteiger partial charge on any atom is -0.481 e. The molecule has 7 heteroatoms. The Morgan fingerprint density at radius 3 is 2.50 bits per heavy atom. The number of methoxy groups -OCH3 is 1. The van der Waals surface area contributed by atoms with Crippen molar-refractivity contribution in [3.63, 3.8) is 0 Å². The number of likely N-dealkylation sites (tertiary alicyclic amines) is 1. The second kappa shape index (κ2) is 10.8. The van der Waals surface area contributed by atoms with Crippen molar-refractivity contribution >= 4 is 11.9 Å². The van der Waals surface area contributed by atoms with E-state index in [0.717, 1.165) is 51.5 Å². The van der Waals surface area contributed by atoms with Gasteiger partial charge in [0.05, 0.1) is 7.11 Å². The Hall–Kier alpha value is -2.67. The quantitative estimate of drug-likeness (QED) is 0.717. The van der Waals surface area contributed by atoms with E-state index in [1.54, 1.807) is 19.4 Å². The summed E-state index contributed by atoms with van der Waals surface area (Å²) in [7, 11) is 1.60. The van der Waals surface area contributed by atoms with Gasteiger partial charge in [-0.15, -0.1) is 0 Å². The third kappa shape index (κ3) is 5.76. The zero-order valence-electron chi connectivity index (χ0n) is 19.3. The lowest BCUT2D eigenvalue weighted by Crippen LogP contribution is -2.41. The number of nitrogens with zero attached hydrogens (tertiary/aromatic N) is 4. The van der Waals surface area contributed by atoms with Crippen LogP contribution >= 0.6 is 0 Å². The second-order valence-corrected chi connectivity index (χ2v) is 9.11. The molecule has 0 spiro atoms. The zero-order chi connectivity index (χ0) is 22.3. The number of ether oxygens (including phenoxy) is 1. The summed E-state index contributed by atoms with van der Waals surface area (Å²) in [4.78, 5) is 26.3. The van der Waals surface area contributed by atoms with Crippen LogP contribution in [0.1, 0.15) is 43.7 Å². The van der Waals surface area contributed by atoms with E-state index >= 15 is 0 Å². The van der Waals surface area contributed by atoms with Gasteiger partial charge >= 0.3 is 0 Å². The second-order valence-electron chi connectivity index (χ2n) is 9.11. The monoisotopic (exact) mass is 437 g/mol. The van der Waals surface area contributed by atoms with E-state index in [9.17, 15) is 4.79 Å². The first-order valence-corrected chi connectivity index (χ1v) is 11.8. The number of anilines is 1. The van der Waals surface area contributed by atoms with Crippen molar-refractivity contribution in [2.24, 2.45) is 11.8 Å². The fourth-order valence-electron chi connectivity index (χ4n) is 4.61. The highest BCUT2D eigenvalue weighted by Crippen LogP contribution is 2.23. The first-order valence-electron chi connectivity index (χ1n) is 11.8. The minimum absolute atomic E-state index is 0.0348. The average Bonchev–Trinajstić information content (AvgIpc) is 2.85. The van der Waals surface area contributed by atoms with E-state index in [2.05, 4.69) is 56.3 Å². The Balaban J connectivity index is 1.27. The van der Waals surface area contributed by atoms with Crippen molar-refractivity contribution in [1.82, 2.24) is 20.2 Å². The van der Waals surface area contributed by atoms with E-state index in [4.69, 9.17) is 4.74 Å². The number of carbonyl (C=O) groups is 1. The molecule has 0 unspecified atom stereocenters. The molecule has 4 rings (SSSR count). The van der Waals surface area contributed by atoms with Gasteiger partial charge in [-0.1, -0.05) is 31.2 Å². The largest absolute Gasteiger partial charge is 0.481 e. The summed E-state index contributed by atoms with van der Waals surface area (Å²) in [5.74, 6) is 2.25. The van der Waals surface area contributed by atoms with Crippen LogP contribution in [0.5, 0.6) is 5.88 Å². The first kappa shape index (κ1) is 22.5. The molecule has 0 saturated carbocycles. The molecule has 172 valence electrons. The van der Waals surface area contributed by atoms with Crippen LogP contribution in [-0.4, -0.2) is 54.1 Å². The molecule has 2 aliphatic rings. The Labute approximate surface area is 191 Å². The Morgan fingerprint density at radius 2 is 1.78 bits per heavy atom. The average molecular weight is 438 g/mol. The molecule has 2 saturated heterocycles. The molecule has 1 aromatic heterocycles. The highest BCUT2D eigenvalue weighted by Gasteiger charge is 2.26. The van der Waals surface area contributed by atoms with E-state index in [1.165, 1.54) is 24.0 Å². The summed E-state index contributed by atoms with van der Waals surface area (Å²) in [6, 6.07) is 10.3. The van der Waals surface area contributed by atoms with Crippen LogP contribution < -0.4 is 15.0 Å². The van der Waals surface area contributed by atoms with Crippen molar-refractivity contribution in [2.75, 3.05) is 38.2 Å². The number of benzene rings is 1. The van der Waals surface area contributed by atoms with Gasteiger partial charge in [0, 0.05) is 44.4 Å². The van der Waals surface area contributed by atoms with Crippen molar-refractivity contribution in [1.29, 1.82) is 0 Å². The number of amides is 1. The van der Waals surface area contributed by atoms with Crippen LogP contribution in [0.2, 0.25) is 0 Å². The van der Waals surface area contributed by atoms with Crippen molar-refractivity contribution in [3.8, 4) is 5.88 Å². The first-order chi connectivity index (χ1) is 15.6. The van der Waals surface area contributed by atoms with Gasteiger partial charge in [-0.3, -0.25) is 9.69 Å². The van der Waals surface area contributed by atoms with Gasteiger partial charge < -0.3 is 15.0 Å². The van der Waals surface area contributed by atoms with Gasteiger partial charge in [0.2, 0.25) is 17.7 Å². The molecule has 2 aliphatic heterocycles. The van der Waals surface area contributed by atoms with Crippen LogP contribution in [0.3, 0.4) is 0 Å². The summed E-state index contributed by atoms with van der Waals surface area (Å²) < 4.78 is 5.20. The molecule has 0 aliphatic carbocycles. The molecule has 32 heavy (non-hydrogen) atoms. The molecule has 0 radical (unpaired) electrons. The van der Waals surface area contributed by atoms with E-state index in [-0.39, 0.29) is 11.8 Å². The summed E-state index contributed by atoms with van der Waals surface area (Å²) in [5, 5.41) is 3.20. The third-order valence-corrected chi connectivity index (χ3v) is 6.82. The maximum absolute atomic E-state index is 12.9. The van der Waals surface area contributed by atoms with Crippen LogP contribution in [0.15, 0.2) is 36.5 Å². The smallest absolute Gasteiger partial charge is 0.228 e. The summed E-state index contributed by atoms with van der Waals surface area (Å²) >= 11 is 0.